The highest BCUT2D eigenvalue weighted by atomic mass is 35.5. The molecule has 0 fully saturated rings. The summed E-state index contributed by atoms with van der Waals surface area (Å²) in [5.41, 5.74) is 2.85. The molecule has 0 bridgehead atoms. The van der Waals surface area contributed by atoms with Crippen molar-refractivity contribution in [2.75, 3.05) is 10.6 Å². The highest BCUT2D eigenvalue weighted by molar-refractivity contribution is 6.31. The van der Waals surface area contributed by atoms with Crippen LogP contribution in [0.1, 0.15) is 31.8 Å². The maximum absolute atomic E-state index is 12.5. The molecule has 3 rings (SSSR count). The van der Waals surface area contributed by atoms with Gasteiger partial charge in [-0.05, 0) is 55.0 Å². The van der Waals surface area contributed by atoms with Crippen molar-refractivity contribution in [2.45, 2.75) is 6.92 Å². The van der Waals surface area contributed by atoms with Crippen LogP contribution in [0.5, 0.6) is 0 Å². The van der Waals surface area contributed by atoms with Crippen LogP contribution in [0, 0.1) is 18.3 Å². The van der Waals surface area contributed by atoms with Gasteiger partial charge in [0.15, 0.2) is 0 Å². The van der Waals surface area contributed by atoms with Gasteiger partial charge < -0.3 is 10.6 Å². The molecular formula is C21H15ClN4O2. The van der Waals surface area contributed by atoms with E-state index in [0.29, 0.717) is 22.0 Å². The van der Waals surface area contributed by atoms with Crippen molar-refractivity contribution < 1.29 is 9.59 Å². The summed E-state index contributed by atoms with van der Waals surface area (Å²) in [4.78, 5) is 28.9. The number of anilines is 2. The van der Waals surface area contributed by atoms with Gasteiger partial charge in [-0.25, -0.2) is 0 Å². The first-order chi connectivity index (χ1) is 13.5. The third-order valence-corrected chi connectivity index (χ3v) is 4.46. The molecule has 1 aromatic heterocycles. The Morgan fingerprint density at radius 3 is 2.29 bits per heavy atom. The maximum atomic E-state index is 12.5. The van der Waals surface area contributed by atoms with Crippen LogP contribution in [-0.4, -0.2) is 16.8 Å². The average Bonchev–Trinajstić information content (AvgIpc) is 2.72. The molecule has 1 heterocycles. The van der Waals surface area contributed by atoms with Gasteiger partial charge in [0.1, 0.15) is 0 Å². The second-order valence-electron chi connectivity index (χ2n) is 5.97. The highest BCUT2D eigenvalue weighted by Crippen LogP contribution is 2.23. The van der Waals surface area contributed by atoms with Crippen molar-refractivity contribution in [3.63, 3.8) is 0 Å². The zero-order valence-corrected chi connectivity index (χ0v) is 15.6. The van der Waals surface area contributed by atoms with Crippen LogP contribution in [0.15, 0.2) is 60.9 Å². The zero-order chi connectivity index (χ0) is 20.1. The van der Waals surface area contributed by atoms with Crippen molar-refractivity contribution in [3.05, 3.63) is 88.2 Å². The Kier molecular flexibility index (Phi) is 5.68. The molecule has 0 radical (unpaired) electrons. The van der Waals surface area contributed by atoms with Crippen molar-refractivity contribution in [1.82, 2.24) is 4.98 Å². The summed E-state index contributed by atoms with van der Waals surface area (Å²) in [5, 5.41) is 14.8. The van der Waals surface area contributed by atoms with Gasteiger partial charge in [-0.1, -0.05) is 17.7 Å². The molecule has 0 aliphatic carbocycles. The van der Waals surface area contributed by atoms with E-state index in [4.69, 9.17) is 16.9 Å². The van der Waals surface area contributed by atoms with Crippen molar-refractivity contribution in [1.29, 1.82) is 5.26 Å². The standard InChI is InChI=1S/C21H15ClN4O2/c1-13-18(22)3-2-4-19(13)26-21(28)16-9-15(11-24-12-16)20(27)25-17-7-5-14(10-23)6-8-17/h2-9,11-12H,1H3,(H,25,27)(H,26,28). The number of benzene rings is 2. The lowest BCUT2D eigenvalue weighted by Gasteiger charge is -2.10. The van der Waals surface area contributed by atoms with E-state index in [0.717, 1.165) is 5.56 Å². The van der Waals surface area contributed by atoms with E-state index in [1.165, 1.54) is 18.5 Å². The molecule has 3 aromatic rings. The summed E-state index contributed by atoms with van der Waals surface area (Å²) in [6.45, 7) is 1.80. The summed E-state index contributed by atoms with van der Waals surface area (Å²) in [7, 11) is 0. The fourth-order valence-corrected chi connectivity index (χ4v) is 2.63. The SMILES string of the molecule is Cc1c(Cl)cccc1NC(=O)c1cncc(C(=O)Nc2ccc(C#N)cc2)c1. The van der Waals surface area contributed by atoms with Crippen LogP contribution in [0.25, 0.3) is 0 Å². The predicted octanol–water partition coefficient (Wildman–Crippen LogP) is 4.42. The number of hydrogen-bond donors (Lipinski definition) is 2. The minimum absolute atomic E-state index is 0.236. The lowest BCUT2D eigenvalue weighted by molar-refractivity contribution is 0.102. The fraction of sp³-hybridized carbons (Fsp3) is 0.0476. The molecule has 0 saturated carbocycles. The van der Waals surface area contributed by atoms with Gasteiger partial charge in [-0.2, -0.15) is 5.26 Å². The Bertz CT molecular complexity index is 1090. The quantitative estimate of drug-likeness (QED) is 0.689. The number of halogens is 1. The number of hydrogen-bond acceptors (Lipinski definition) is 4. The smallest absolute Gasteiger partial charge is 0.257 e. The highest BCUT2D eigenvalue weighted by Gasteiger charge is 2.13. The van der Waals surface area contributed by atoms with E-state index < -0.39 is 11.8 Å². The molecule has 2 N–H and O–H groups in total. The van der Waals surface area contributed by atoms with Gasteiger partial charge in [0, 0.05) is 28.8 Å². The lowest BCUT2D eigenvalue weighted by Crippen LogP contribution is -2.16. The number of nitrogens with one attached hydrogen (secondary N) is 2. The average molecular weight is 391 g/mol. The first-order valence-electron chi connectivity index (χ1n) is 8.31. The molecule has 7 heteroatoms. The third kappa shape index (κ3) is 4.34. The molecule has 0 spiro atoms. The summed E-state index contributed by atoms with van der Waals surface area (Å²) >= 11 is 6.07. The predicted molar refractivity (Wildman–Crippen MR) is 107 cm³/mol. The van der Waals surface area contributed by atoms with Crippen LogP contribution in [0.2, 0.25) is 5.02 Å². The molecule has 0 atom stereocenters. The number of carbonyl (C=O) groups excluding carboxylic acids is 2. The first-order valence-corrected chi connectivity index (χ1v) is 8.69. The molecule has 6 nitrogen and oxygen atoms in total. The summed E-state index contributed by atoms with van der Waals surface area (Å²) < 4.78 is 0. The first kappa shape index (κ1) is 19.1. The molecule has 0 unspecified atom stereocenters. The van der Waals surface area contributed by atoms with Crippen molar-refractivity contribution in [3.8, 4) is 6.07 Å². The van der Waals surface area contributed by atoms with E-state index in [1.807, 2.05) is 6.07 Å². The number of carbonyl (C=O) groups is 2. The maximum Gasteiger partial charge on any atom is 0.257 e. The van der Waals surface area contributed by atoms with Gasteiger partial charge in [-0.3, -0.25) is 14.6 Å². The van der Waals surface area contributed by atoms with E-state index in [1.54, 1.807) is 49.4 Å². The van der Waals surface area contributed by atoms with Gasteiger partial charge >= 0.3 is 0 Å². The zero-order valence-electron chi connectivity index (χ0n) is 14.9. The number of rotatable bonds is 4. The van der Waals surface area contributed by atoms with E-state index in [2.05, 4.69) is 15.6 Å². The molecule has 0 saturated heterocycles. The third-order valence-electron chi connectivity index (χ3n) is 4.05. The summed E-state index contributed by atoms with van der Waals surface area (Å²) in [6, 6.07) is 15.2. The van der Waals surface area contributed by atoms with Crippen LogP contribution < -0.4 is 10.6 Å². The van der Waals surface area contributed by atoms with Crippen LogP contribution in [0.3, 0.4) is 0 Å². The number of amides is 2. The topological polar surface area (TPSA) is 94.9 Å². The summed E-state index contributed by atoms with van der Waals surface area (Å²) in [6.07, 6.45) is 2.76. The van der Waals surface area contributed by atoms with Gasteiger partial charge in [0.2, 0.25) is 0 Å². The molecule has 2 aromatic carbocycles. The van der Waals surface area contributed by atoms with E-state index >= 15 is 0 Å². The molecule has 0 aliphatic rings. The molecule has 2 amide bonds. The van der Waals surface area contributed by atoms with Gasteiger partial charge in [-0.15, -0.1) is 0 Å². The Morgan fingerprint density at radius 2 is 1.64 bits per heavy atom. The normalized spacial score (nSPS) is 10.0. The summed E-state index contributed by atoms with van der Waals surface area (Å²) in [5.74, 6) is -0.809. The molecule has 138 valence electrons. The number of nitriles is 1. The number of pyridine rings is 1. The monoisotopic (exact) mass is 390 g/mol. The van der Waals surface area contributed by atoms with E-state index in [9.17, 15) is 9.59 Å². The Hall–Kier alpha value is -3.69. The van der Waals surface area contributed by atoms with Crippen LogP contribution >= 0.6 is 11.6 Å². The van der Waals surface area contributed by atoms with E-state index in [-0.39, 0.29) is 11.1 Å². The largest absolute Gasteiger partial charge is 0.322 e. The van der Waals surface area contributed by atoms with Crippen LogP contribution in [0.4, 0.5) is 11.4 Å². The minimum atomic E-state index is -0.411. The van der Waals surface area contributed by atoms with Crippen molar-refractivity contribution >= 4 is 34.8 Å². The minimum Gasteiger partial charge on any atom is -0.322 e. The molecule has 28 heavy (non-hydrogen) atoms. The Labute approximate surface area is 166 Å². The Balaban J connectivity index is 1.75. The van der Waals surface area contributed by atoms with Gasteiger partial charge in [0.25, 0.3) is 11.8 Å². The second kappa shape index (κ2) is 8.33. The van der Waals surface area contributed by atoms with Gasteiger partial charge in [0.05, 0.1) is 22.8 Å². The Morgan fingerprint density at radius 1 is 1.00 bits per heavy atom. The van der Waals surface area contributed by atoms with Crippen molar-refractivity contribution in [2.24, 2.45) is 0 Å². The molecular weight excluding hydrogens is 376 g/mol. The lowest BCUT2D eigenvalue weighted by atomic mass is 10.1. The number of aromatic nitrogens is 1. The second-order valence-corrected chi connectivity index (χ2v) is 6.38. The molecule has 0 aliphatic heterocycles. The fourth-order valence-electron chi connectivity index (χ4n) is 2.46. The number of nitrogens with zero attached hydrogens (tertiary/aromatic N) is 2. The van der Waals surface area contributed by atoms with Crippen LogP contribution in [-0.2, 0) is 0 Å².